The molecule has 0 spiro atoms. The van der Waals surface area contributed by atoms with Crippen LogP contribution in [0.5, 0.6) is 0 Å². The van der Waals surface area contributed by atoms with Crippen LogP contribution in [0, 0.1) is 5.92 Å². The van der Waals surface area contributed by atoms with Crippen LogP contribution in [-0.2, 0) is 11.3 Å². The van der Waals surface area contributed by atoms with Crippen molar-refractivity contribution in [3.8, 4) is 0 Å². The zero-order valence-electron chi connectivity index (χ0n) is 10.7. The van der Waals surface area contributed by atoms with Crippen LogP contribution in [0.2, 0.25) is 0 Å². The lowest BCUT2D eigenvalue weighted by Crippen LogP contribution is -2.40. The molecule has 3 nitrogen and oxygen atoms in total. The third-order valence-electron chi connectivity index (χ3n) is 2.69. The summed E-state index contributed by atoms with van der Waals surface area (Å²) in [4.78, 5) is 12.3. The fourth-order valence-electron chi connectivity index (χ4n) is 1.69. The number of benzene rings is 1. The molecule has 1 aromatic carbocycles. The number of halogens is 1. The van der Waals surface area contributed by atoms with Crippen molar-refractivity contribution < 1.29 is 9.90 Å². The minimum atomic E-state index is -0.798. The molecule has 0 fully saturated rings. The summed E-state index contributed by atoms with van der Waals surface area (Å²) in [5.74, 6) is -0.733. The average Bonchev–Trinajstić information content (AvgIpc) is 2.30. The van der Waals surface area contributed by atoms with Crippen LogP contribution in [0.3, 0.4) is 0 Å². The van der Waals surface area contributed by atoms with Gasteiger partial charge in [0, 0.05) is 15.9 Å². The number of carboxylic acid groups (broad SMARTS) is 1. The number of nitrogens with one attached hydrogen (secondary N) is 1. The predicted octanol–water partition coefficient (Wildman–Crippen LogP) is 3.37. The van der Waals surface area contributed by atoms with Crippen molar-refractivity contribution in [3.63, 3.8) is 0 Å². The van der Waals surface area contributed by atoms with Gasteiger partial charge in [-0.2, -0.15) is 0 Å². The van der Waals surface area contributed by atoms with Gasteiger partial charge in [-0.3, -0.25) is 4.79 Å². The molecule has 0 aliphatic carbocycles. The Morgan fingerprint density at radius 1 is 1.50 bits per heavy atom. The monoisotopic (exact) mass is 331 g/mol. The first kappa shape index (κ1) is 15.5. The molecule has 0 aliphatic rings. The first-order valence-electron chi connectivity index (χ1n) is 5.74. The Morgan fingerprint density at radius 2 is 2.17 bits per heavy atom. The summed E-state index contributed by atoms with van der Waals surface area (Å²) >= 11 is 5.10. The molecule has 2 N–H and O–H groups in total. The molecule has 100 valence electrons. The van der Waals surface area contributed by atoms with Crippen molar-refractivity contribution in [2.45, 2.75) is 31.3 Å². The molecule has 0 amide bonds. The van der Waals surface area contributed by atoms with E-state index in [4.69, 9.17) is 5.11 Å². The van der Waals surface area contributed by atoms with Gasteiger partial charge in [0.25, 0.3) is 0 Å². The van der Waals surface area contributed by atoms with Gasteiger partial charge in [-0.05, 0) is 29.9 Å². The van der Waals surface area contributed by atoms with Crippen molar-refractivity contribution in [2.24, 2.45) is 5.92 Å². The van der Waals surface area contributed by atoms with E-state index in [1.54, 1.807) is 11.8 Å². The number of rotatable bonds is 6. The fraction of sp³-hybridized carbons (Fsp3) is 0.462. The van der Waals surface area contributed by atoms with Gasteiger partial charge in [0.2, 0.25) is 0 Å². The van der Waals surface area contributed by atoms with E-state index in [0.29, 0.717) is 6.54 Å². The molecular formula is C13H18BrNO2S. The summed E-state index contributed by atoms with van der Waals surface area (Å²) in [6.45, 7) is 4.38. The molecule has 5 heteroatoms. The number of aliphatic carboxylic acids is 1. The number of carbonyl (C=O) groups is 1. The summed E-state index contributed by atoms with van der Waals surface area (Å²) in [6, 6.07) is 5.53. The fourth-order valence-corrected chi connectivity index (χ4v) is 2.85. The Hall–Kier alpha value is -0.520. The molecule has 0 saturated heterocycles. The summed E-state index contributed by atoms with van der Waals surface area (Å²) in [6.07, 6.45) is 2.02. The lowest BCUT2D eigenvalue weighted by molar-refractivity contribution is -0.140. The lowest BCUT2D eigenvalue weighted by atomic mass is 10.0. The topological polar surface area (TPSA) is 49.3 Å². The van der Waals surface area contributed by atoms with E-state index in [2.05, 4.69) is 21.2 Å². The van der Waals surface area contributed by atoms with Gasteiger partial charge in [0.1, 0.15) is 6.04 Å². The molecule has 0 unspecified atom stereocenters. The van der Waals surface area contributed by atoms with Crippen LogP contribution in [0.25, 0.3) is 0 Å². The smallest absolute Gasteiger partial charge is 0.320 e. The zero-order valence-corrected chi connectivity index (χ0v) is 13.1. The van der Waals surface area contributed by atoms with E-state index < -0.39 is 12.0 Å². The maximum absolute atomic E-state index is 11.1. The third-order valence-corrected chi connectivity index (χ3v) is 4.01. The van der Waals surface area contributed by atoms with Crippen LogP contribution in [0.15, 0.2) is 27.6 Å². The second-order valence-corrected chi connectivity index (χ2v) is 6.16. The van der Waals surface area contributed by atoms with E-state index in [9.17, 15) is 4.79 Å². The quantitative estimate of drug-likeness (QED) is 0.784. The molecular weight excluding hydrogens is 314 g/mol. The molecule has 1 atom stereocenters. The van der Waals surface area contributed by atoms with Gasteiger partial charge in [-0.1, -0.05) is 35.8 Å². The molecule has 0 aromatic heterocycles. The highest BCUT2D eigenvalue weighted by atomic mass is 79.9. The zero-order chi connectivity index (χ0) is 13.7. The minimum absolute atomic E-state index is 0.0654. The largest absolute Gasteiger partial charge is 0.480 e. The first-order valence-corrected chi connectivity index (χ1v) is 7.76. The van der Waals surface area contributed by atoms with Gasteiger partial charge >= 0.3 is 5.97 Å². The highest BCUT2D eigenvalue weighted by Gasteiger charge is 2.20. The Morgan fingerprint density at radius 3 is 2.67 bits per heavy atom. The van der Waals surface area contributed by atoms with Gasteiger partial charge in [-0.25, -0.2) is 0 Å². The minimum Gasteiger partial charge on any atom is -0.480 e. The first-order chi connectivity index (χ1) is 8.45. The van der Waals surface area contributed by atoms with Crippen LogP contribution >= 0.6 is 27.7 Å². The number of hydrogen-bond donors (Lipinski definition) is 2. The average molecular weight is 332 g/mol. The van der Waals surface area contributed by atoms with E-state index >= 15 is 0 Å². The Labute approximate surface area is 120 Å². The highest BCUT2D eigenvalue weighted by molar-refractivity contribution is 9.10. The van der Waals surface area contributed by atoms with Crippen LogP contribution in [0.4, 0.5) is 0 Å². The third kappa shape index (κ3) is 4.30. The molecule has 0 saturated carbocycles. The van der Waals surface area contributed by atoms with E-state index in [0.717, 1.165) is 14.9 Å². The van der Waals surface area contributed by atoms with E-state index in [1.165, 1.54) is 0 Å². The van der Waals surface area contributed by atoms with Crippen molar-refractivity contribution in [1.29, 1.82) is 0 Å². The summed E-state index contributed by atoms with van der Waals surface area (Å²) in [5.41, 5.74) is 1.12. The van der Waals surface area contributed by atoms with Gasteiger partial charge < -0.3 is 10.4 Å². The van der Waals surface area contributed by atoms with Crippen LogP contribution < -0.4 is 5.32 Å². The van der Waals surface area contributed by atoms with Crippen LogP contribution in [-0.4, -0.2) is 23.4 Å². The predicted molar refractivity (Wildman–Crippen MR) is 79.0 cm³/mol. The molecule has 1 aromatic rings. The molecule has 0 bridgehead atoms. The maximum Gasteiger partial charge on any atom is 0.320 e. The Balaban J connectivity index is 2.76. The summed E-state index contributed by atoms with van der Waals surface area (Å²) in [5, 5.41) is 12.2. The number of thioether (sulfide) groups is 1. The Kier molecular flexibility index (Phi) is 6.18. The van der Waals surface area contributed by atoms with E-state index in [1.807, 2.05) is 38.3 Å². The van der Waals surface area contributed by atoms with Crippen molar-refractivity contribution in [2.75, 3.05) is 6.26 Å². The molecule has 18 heavy (non-hydrogen) atoms. The van der Waals surface area contributed by atoms with Crippen molar-refractivity contribution >= 4 is 33.7 Å². The second-order valence-electron chi connectivity index (χ2n) is 4.40. The summed E-state index contributed by atoms with van der Waals surface area (Å²) in [7, 11) is 0. The molecule has 1 rings (SSSR count). The lowest BCUT2D eigenvalue weighted by Gasteiger charge is -2.19. The van der Waals surface area contributed by atoms with Crippen molar-refractivity contribution in [1.82, 2.24) is 5.32 Å². The standard InChI is InChI=1S/C13H18BrNO2S/c1-8(2)12(13(16)17)15-7-9-4-5-10(14)6-11(9)18-3/h4-6,8,12,15H,7H2,1-3H3,(H,16,17)/t12-/m0/s1. The SMILES string of the molecule is CSc1cc(Br)ccc1CN[C@H](C(=O)O)C(C)C. The van der Waals surface area contributed by atoms with Gasteiger partial charge in [0.05, 0.1) is 0 Å². The Bertz CT molecular complexity index is 423. The summed E-state index contributed by atoms with van der Waals surface area (Å²) < 4.78 is 1.04. The second kappa shape index (κ2) is 7.16. The van der Waals surface area contributed by atoms with Crippen LogP contribution in [0.1, 0.15) is 19.4 Å². The van der Waals surface area contributed by atoms with Gasteiger partial charge in [-0.15, -0.1) is 11.8 Å². The van der Waals surface area contributed by atoms with E-state index in [-0.39, 0.29) is 5.92 Å². The molecule has 0 radical (unpaired) electrons. The van der Waals surface area contributed by atoms with Crippen molar-refractivity contribution in [3.05, 3.63) is 28.2 Å². The molecule has 0 aliphatic heterocycles. The number of carboxylic acids is 1. The molecule has 0 heterocycles. The van der Waals surface area contributed by atoms with Gasteiger partial charge in [0.15, 0.2) is 0 Å². The normalized spacial score (nSPS) is 12.7. The highest BCUT2D eigenvalue weighted by Crippen LogP contribution is 2.24. The maximum atomic E-state index is 11.1. The number of hydrogen-bond acceptors (Lipinski definition) is 3.